The number of carbonyl (C=O) groups excluding carboxylic acids is 3. The van der Waals surface area contributed by atoms with Crippen LogP contribution in [0.5, 0.6) is 11.5 Å². The summed E-state index contributed by atoms with van der Waals surface area (Å²) in [7, 11) is 1.22. The predicted octanol–water partition coefficient (Wildman–Crippen LogP) is 2.64. The molecule has 2 N–H and O–H groups in total. The van der Waals surface area contributed by atoms with Gasteiger partial charge in [-0.25, -0.2) is 0 Å². The van der Waals surface area contributed by atoms with Crippen molar-refractivity contribution in [1.82, 2.24) is 5.32 Å². The molecule has 2 rings (SSSR count). The minimum atomic E-state index is -0.574. The van der Waals surface area contributed by atoms with E-state index >= 15 is 0 Å². The molecule has 9 nitrogen and oxygen atoms in total. The molecular weight excluding hydrogens is 470 g/mol. The van der Waals surface area contributed by atoms with Crippen molar-refractivity contribution in [3.05, 3.63) is 52.0 Å². The highest BCUT2D eigenvalue weighted by atomic mass is 79.9. The van der Waals surface area contributed by atoms with E-state index in [0.29, 0.717) is 33.8 Å². The van der Waals surface area contributed by atoms with Gasteiger partial charge in [-0.2, -0.15) is 5.26 Å². The van der Waals surface area contributed by atoms with Crippen LogP contribution in [0.4, 0.5) is 5.69 Å². The summed E-state index contributed by atoms with van der Waals surface area (Å²) in [6.07, 6.45) is 0. The molecule has 0 spiro atoms. The zero-order valence-corrected chi connectivity index (χ0v) is 18.4. The predicted molar refractivity (Wildman–Crippen MR) is 115 cm³/mol. The highest BCUT2D eigenvalue weighted by Crippen LogP contribution is 2.36. The van der Waals surface area contributed by atoms with Crippen molar-refractivity contribution in [1.29, 1.82) is 5.26 Å². The molecule has 31 heavy (non-hydrogen) atoms. The maximum Gasteiger partial charge on any atom is 0.325 e. The summed E-state index contributed by atoms with van der Waals surface area (Å²) in [5.41, 5.74) is 1.02. The third kappa shape index (κ3) is 7.01. The van der Waals surface area contributed by atoms with Gasteiger partial charge in [0.05, 0.1) is 29.8 Å². The number of nitrogens with one attached hydrogen (secondary N) is 2. The van der Waals surface area contributed by atoms with Crippen molar-refractivity contribution in [2.24, 2.45) is 0 Å². The monoisotopic (exact) mass is 489 g/mol. The Hall–Kier alpha value is -3.58. The van der Waals surface area contributed by atoms with Crippen molar-refractivity contribution < 1.29 is 28.6 Å². The molecule has 0 heterocycles. The maximum absolute atomic E-state index is 12.3. The van der Waals surface area contributed by atoms with Gasteiger partial charge in [-0.3, -0.25) is 14.4 Å². The van der Waals surface area contributed by atoms with Crippen LogP contribution < -0.4 is 20.1 Å². The lowest BCUT2D eigenvalue weighted by Gasteiger charge is -2.14. The number of anilines is 1. The molecule has 0 saturated heterocycles. The van der Waals surface area contributed by atoms with E-state index in [-0.39, 0.29) is 18.7 Å². The number of rotatable bonds is 9. The molecule has 0 aromatic heterocycles. The molecule has 0 unspecified atom stereocenters. The fraction of sp³-hybridized carbons (Fsp3) is 0.238. The number of methoxy groups -OCH3 is 1. The van der Waals surface area contributed by atoms with E-state index in [2.05, 4.69) is 31.3 Å². The van der Waals surface area contributed by atoms with Gasteiger partial charge in [0.15, 0.2) is 18.1 Å². The molecule has 0 bridgehead atoms. The fourth-order valence-electron chi connectivity index (χ4n) is 2.44. The molecular formula is C21H20BrN3O6. The third-order valence-corrected chi connectivity index (χ3v) is 4.40. The summed E-state index contributed by atoms with van der Waals surface area (Å²) in [6.45, 7) is 1.55. The Morgan fingerprint density at radius 1 is 1.16 bits per heavy atom. The minimum absolute atomic E-state index is 0.260. The summed E-state index contributed by atoms with van der Waals surface area (Å²) < 4.78 is 16.0. The van der Waals surface area contributed by atoms with E-state index in [4.69, 9.17) is 14.7 Å². The third-order valence-electron chi connectivity index (χ3n) is 3.82. The molecule has 10 heteroatoms. The first kappa shape index (κ1) is 23.7. The number of hydrogen-bond donors (Lipinski definition) is 2. The van der Waals surface area contributed by atoms with Gasteiger partial charge in [-0.1, -0.05) is 6.07 Å². The molecule has 162 valence electrons. The van der Waals surface area contributed by atoms with Crippen LogP contribution in [0, 0.1) is 11.3 Å². The second-order valence-corrected chi connectivity index (χ2v) is 6.86. The number of amides is 2. The lowest BCUT2D eigenvalue weighted by atomic mass is 10.2. The van der Waals surface area contributed by atoms with E-state index < -0.39 is 17.8 Å². The van der Waals surface area contributed by atoms with Gasteiger partial charge in [0.2, 0.25) is 0 Å². The smallest absolute Gasteiger partial charge is 0.325 e. The number of ether oxygens (including phenoxy) is 3. The second kappa shape index (κ2) is 11.6. The van der Waals surface area contributed by atoms with Crippen LogP contribution in [-0.4, -0.2) is 44.7 Å². The van der Waals surface area contributed by atoms with Crippen molar-refractivity contribution in [2.75, 3.05) is 32.2 Å². The van der Waals surface area contributed by atoms with Crippen LogP contribution in [0.3, 0.4) is 0 Å². The lowest BCUT2D eigenvalue weighted by molar-refractivity contribution is -0.139. The average molecular weight is 490 g/mol. The minimum Gasteiger partial charge on any atom is -0.490 e. The molecule has 0 aliphatic heterocycles. The number of halogens is 1. The molecule has 2 aromatic carbocycles. The van der Waals surface area contributed by atoms with Crippen LogP contribution >= 0.6 is 15.9 Å². The zero-order valence-electron chi connectivity index (χ0n) is 16.9. The zero-order chi connectivity index (χ0) is 22.8. The molecule has 2 amide bonds. The summed E-state index contributed by atoms with van der Waals surface area (Å²) >= 11 is 3.32. The molecule has 2 aromatic rings. The van der Waals surface area contributed by atoms with Crippen molar-refractivity contribution in [3.63, 3.8) is 0 Å². The number of nitrogens with zero attached hydrogens (tertiary/aromatic N) is 1. The Kier molecular flexibility index (Phi) is 8.84. The normalized spacial score (nSPS) is 9.87. The van der Waals surface area contributed by atoms with Gasteiger partial charge in [0, 0.05) is 17.3 Å². The average Bonchev–Trinajstić information content (AvgIpc) is 2.76. The van der Waals surface area contributed by atoms with Crippen LogP contribution in [0.25, 0.3) is 0 Å². The summed E-state index contributed by atoms with van der Waals surface area (Å²) in [5, 5.41) is 14.1. The van der Waals surface area contributed by atoms with E-state index in [1.807, 2.05) is 6.07 Å². The molecule has 0 aliphatic carbocycles. The highest BCUT2D eigenvalue weighted by Gasteiger charge is 2.15. The summed E-state index contributed by atoms with van der Waals surface area (Å²) in [6, 6.07) is 11.3. The Labute approximate surface area is 187 Å². The van der Waals surface area contributed by atoms with Crippen LogP contribution in [-0.2, 0) is 14.3 Å². The Balaban J connectivity index is 2.02. The van der Waals surface area contributed by atoms with Crippen molar-refractivity contribution in [3.8, 4) is 17.6 Å². The van der Waals surface area contributed by atoms with E-state index in [1.165, 1.54) is 19.2 Å². The number of nitriles is 1. The standard InChI is InChI=1S/C21H20BrN3O6/c1-3-30-17-8-13(10-23)7-16(22)20(17)31-12-18(26)25-15-6-4-5-14(9-15)21(28)24-11-19(27)29-2/h4-9H,3,11-12H2,1-2H3,(H,24,28)(H,25,26). The van der Waals surface area contributed by atoms with E-state index in [0.717, 1.165) is 0 Å². The van der Waals surface area contributed by atoms with E-state index in [9.17, 15) is 14.4 Å². The molecule has 0 atom stereocenters. The van der Waals surface area contributed by atoms with Crippen LogP contribution in [0.1, 0.15) is 22.8 Å². The van der Waals surface area contributed by atoms with Crippen LogP contribution in [0.15, 0.2) is 40.9 Å². The van der Waals surface area contributed by atoms with Gasteiger partial charge in [-0.15, -0.1) is 0 Å². The lowest BCUT2D eigenvalue weighted by Crippen LogP contribution is -2.30. The number of esters is 1. The maximum atomic E-state index is 12.3. The molecule has 0 saturated carbocycles. The van der Waals surface area contributed by atoms with Crippen LogP contribution in [0.2, 0.25) is 0 Å². The van der Waals surface area contributed by atoms with Gasteiger partial charge in [-0.05, 0) is 47.1 Å². The van der Waals surface area contributed by atoms with Gasteiger partial charge in [0.1, 0.15) is 6.54 Å². The molecule has 0 fully saturated rings. The highest BCUT2D eigenvalue weighted by molar-refractivity contribution is 9.10. The first-order chi connectivity index (χ1) is 14.9. The fourth-order valence-corrected chi connectivity index (χ4v) is 2.99. The molecule has 0 radical (unpaired) electrons. The number of benzene rings is 2. The first-order valence-corrected chi connectivity index (χ1v) is 9.91. The Morgan fingerprint density at radius 3 is 2.61 bits per heavy atom. The number of hydrogen-bond acceptors (Lipinski definition) is 7. The van der Waals surface area contributed by atoms with E-state index in [1.54, 1.807) is 31.2 Å². The Bertz CT molecular complexity index is 1020. The number of carbonyl (C=O) groups is 3. The molecule has 0 aliphatic rings. The van der Waals surface area contributed by atoms with Crippen molar-refractivity contribution in [2.45, 2.75) is 6.92 Å². The van der Waals surface area contributed by atoms with Gasteiger partial charge >= 0.3 is 5.97 Å². The van der Waals surface area contributed by atoms with Gasteiger partial charge < -0.3 is 24.8 Å². The topological polar surface area (TPSA) is 127 Å². The SMILES string of the molecule is CCOc1cc(C#N)cc(Br)c1OCC(=O)Nc1cccc(C(=O)NCC(=O)OC)c1. The largest absolute Gasteiger partial charge is 0.490 e. The second-order valence-electron chi connectivity index (χ2n) is 6.01. The summed E-state index contributed by atoms with van der Waals surface area (Å²) in [5.74, 6) is -0.890. The van der Waals surface area contributed by atoms with Crippen molar-refractivity contribution >= 4 is 39.4 Å². The van der Waals surface area contributed by atoms with Gasteiger partial charge in [0.25, 0.3) is 11.8 Å². The first-order valence-electron chi connectivity index (χ1n) is 9.12. The quantitative estimate of drug-likeness (QED) is 0.518. The Morgan fingerprint density at radius 2 is 1.94 bits per heavy atom. The summed E-state index contributed by atoms with van der Waals surface area (Å²) in [4.78, 5) is 35.6.